The molecule has 0 fully saturated rings. The second-order valence-corrected chi connectivity index (χ2v) is 8.70. The Morgan fingerprint density at radius 1 is 0.844 bits per heavy atom. The maximum atomic E-state index is 13.0. The molecule has 0 spiro atoms. The van der Waals surface area contributed by atoms with Crippen molar-refractivity contribution in [1.29, 1.82) is 0 Å². The molecule has 0 aliphatic carbocycles. The van der Waals surface area contributed by atoms with Gasteiger partial charge in [0.05, 0.1) is 4.90 Å². The molecule has 3 N–H and O–H groups in total. The molecule has 0 saturated carbocycles. The minimum absolute atomic E-state index is 0.106. The van der Waals surface area contributed by atoms with Crippen LogP contribution in [0.3, 0.4) is 0 Å². The van der Waals surface area contributed by atoms with Crippen LogP contribution in [0.4, 0.5) is 15.8 Å². The molecule has 2 amide bonds. The van der Waals surface area contributed by atoms with Crippen molar-refractivity contribution in [2.45, 2.75) is 18.2 Å². The third kappa shape index (κ3) is 6.39. The van der Waals surface area contributed by atoms with E-state index in [0.717, 1.165) is 5.56 Å². The van der Waals surface area contributed by atoms with Gasteiger partial charge in [0.25, 0.3) is 15.9 Å². The molecule has 0 aliphatic heterocycles. The molecular weight excluding hydrogens is 433 g/mol. The molecule has 0 unspecified atom stereocenters. The minimum Gasteiger partial charge on any atom is -0.356 e. The normalized spacial score (nSPS) is 10.9. The Labute approximate surface area is 185 Å². The number of anilines is 2. The Morgan fingerprint density at radius 2 is 1.44 bits per heavy atom. The highest BCUT2D eigenvalue weighted by Gasteiger charge is 2.14. The first-order chi connectivity index (χ1) is 15.2. The van der Waals surface area contributed by atoms with Gasteiger partial charge < -0.3 is 10.6 Å². The van der Waals surface area contributed by atoms with E-state index in [1.54, 1.807) is 24.3 Å². The molecule has 9 heteroatoms. The Bertz CT molecular complexity index is 1190. The van der Waals surface area contributed by atoms with Crippen molar-refractivity contribution in [2.24, 2.45) is 0 Å². The van der Waals surface area contributed by atoms with Crippen molar-refractivity contribution in [3.05, 3.63) is 89.7 Å². The molecule has 0 aromatic heterocycles. The van der Waals surface area contributed by atoms with Crippen LogP contribution in [0, 0.1) is 5.82 Å². The Morgan fingerprint density at radius 3 is 2.03 bits per heavy atom. The molecule has 0 aliphatic rings. The molecule has 3 aromatic rings. The lowest BCUT2D eigenvalue weighted by Crippen LogP contribution is -2.22. The van der Waals surface area contributed by atoms with Crippen molar-refractivity contribution in [3.63, 3.8) is 0 Å². The predicted octanol–water partition coefficient (Wildman–Crippen LogP) is 3.56. The molecule has 3 aromatic carbocycles. The van der Waals surface area contributed by atoms with E-state index in [1.807, 2.05) is 0 Å². The summed E-state index contributed by atoms with van der Waals surface area (Å²) in [6.45, 7) is 1.91. The lowest BCUT2D eigenvalue weighted by Gasteiger charge is -2.10. The first-order valence-corrected chi connectivity index (χ1v) is 11.2. The summed E-state index contributed by atoms with van der Waals surface area (Å²) in [6, 6.07) is 17.7. The van der Waals surface area contributed by atoms with Crippen molar-refractivity contribution < 1.29 is 22.4 Å². The second-order valence-electron chi connectivity index (χ2n) is 7.02. The smallest absolute Gasteiger partial charge is 0.261 e. The third-order valence-corrected chi connectivity index (χ3v) is 5.92. The van der Waals surface area contributed by atoms with Crippen molar-refractivity contribution in [2.75, 3.05) is 16.6 Å². The summed E-state index contributed by atoms with van der Waals surface area (Å²) < 4.78 is 40.7. The number of hydrogen-bond acceptors (Lipinski definition) is 4. The zero-order valence-electron chi connectivity index (χ0n) is 17.3. The molecule has 7 nitrogen and oxygen atoms in total. The van der Waals surface area contributed by atoms with Gasteiger partial charge in [-0.05, 0) is 72.6 Å². The number of carbonyl (C=O) groups excluding carboxylic acids is 2. The number of sulfonamides is 1. The molecule has 166 valence electrons. The first kappa shape index (κ1) is 23.0. The maximum Gasteiger partial charge on any atom is 0.261 e. The van der Waals surface area contributed by atoms with Crippen molar-refractivity contribution in [1.82, 2.24) is 5.32 Å². The Kier molecular flexibility index (Phi) is 7.21. The van der Waals surface area contributed by atoms with Gasteiger partial charge in [-0.15, -0.1) is 0 Å². The Hall–Kier alpha value is -3.72. The third-order valence-electron chi connectivity index (χ3n) is 4.52. The van der Waals surface area contributed by atoms with Crippen molar-refractivity contribution in [3.8, 4) is 0 Å². The largest absolute Gasteiger partial charge is 0.356 e. The van der Waals surface area contributed by atoms with E-state index >= 15 is 0 Å². The molecule has 0 bridgehead atoms. The number of nitrogens with one attached hydrogen (secondary N) is 3. The highest BCUT2D eigenvalue weighted by Crippen LogP contribution is 2.19. The Balaban J connectivity index is 1.60. The van der Waals surface area contributed by atoms with Crippen LogP contribution in [0.2, 0.25) is 0 Å². The quantitative estimate of drug-likeness (QED) is 0.483. The van der Waals surface area contributed by atoms with Crippen LogP contribution >= 0.6 is 0 Å². The number of hydrogen-bond donors (Lipinski definition) is 3. The second kappa shape index (κ2) is 10.1. The fourth-order valence-corrected chi connectivity index (χ4v) is 3.92. The van der Waals surface area contributed by atoms with Gasteiger partial charge in [0.2, 0.25) is 5.91 Å². The molecule has 0 heterocycles. The lowest BCUT2D eigenvalue weighted by molar-refractivity contribution is -0.118. The summed E-state index contributed by atoms with van der Waals surface area (Å²) in [5.41, 5.74) is 2.00. The van der Waals surface area contributed by atoms with Gasteiger partial charge in [-0.25, -0.2) is 12.8 Å². The van der Waals surface area contributed by atoms with Crippen LogP contribution in [0.15, 0.2) is 77.7 Å². The van der Waals surface area contributed by atoms with Gasteiger partial charge in [-0.2, -0.15) is 0 Å². The number of rotatable bonds is 8. The monoisotopic (exact) mass is 455 g/mol. The summed E-state index contributed by atoms with van der Waals surface area (Å²) in [5.74, 6) is -0.954. The minimum atomic E-state index is -3.79. The van der Waals surface area contributed by atoms with E-state index in [4.69, 9.17) is 0 Å². The summed E-state index contributed by atoms with van der Waals surface area (Å²) in [5, 5.41) is 5.35. The predicted molar refractivity (Wildman–Crippen MR) is 120 cm³/mol. The van der Waals surface area contributed by atoms with Crippen LogP contribution in [-0.2, 0) is 21.2 Å². The van der Waals surface area contributed by atoms with Crippen LogP contribution in [-0.4, -0.2) is 26.8 Å². The van der Waals surface area contributed by atoms with Gasteiger partial charge in [-0.3, -0.25) is 14.3 Å². The molecule has 0 saturated heterocycles. The van der Waals surface area contributed by atoms with Crippen LogP contribution in [0.5, 0.6) is 0 Å². The van der Waals surface area contributed by atoms with Gasteiger partial charge in [0.15, 0.2) is 0 Å². The number of amides is 2. The number of benzene rings is 3. The average Bonchev–Trinajstić information content (AvgIpc) is 2.75. The highest BCUT2D eigenvalue weighted by molar-refractivity contribution is 7.92. The summed E-state index contributed by atoms with van der Waals surface area (Å²) in [7, 11) is -3.79. The SMILES string of the molecule is CC(=O)NCCc1ccc(S(=O)(=O)Nc2ccc(NC(=O)c3ccc(F)cc3)cc2)cc1. The van der Waals surface area contributed by atoms with Crippen LogP contribution < -0.4 is 15.4 Å². The van der Waals surface area contributed by atoms with E-state index in [-0.39, 0.29) is 10.8 Å². The average molecular weight is 456 g/mol. The molecule has 32 heavy (non-hydrogen) atoms. The van der Waals surface area contributed by atoms with E-state index in [9.17, 15) is 22.4 Å². The van der Waals surface area contributed by atoms with E-state index in [2.05, 4.69) is 15.4 Å². The van der Waals surface area contributed by atoms with Gasteiger partial charge in [-0.1, -0.05) is 12.1 Å². The molecule has 0 atom stereocenters. The zero-order valence-corrected chi connectivity index (χ0v) is 18.1. The zero-order chi connectivity index (χ0) is 23.1. The summed E-state index contributed by atoms with van der Waals surface area (Å²) in [4.78, 5) is 23.2. The molecular formula is C23H22FN3O4S. The van der Waals surface area contributed by atoms with E-state index < -0.39 is 21.7 Å². The lowest BCUT2D eigenvalue weighted by atomic mass is 10.1. The summed E-state index contributed by atoms with van der Waals surface area (Å²) in [6.07, 6.45) is 0.596. The van der Waals surface area contributed by atoms with Gasteiger partial charge in [0, 0.05) is 30.4 Å². The van der Waals surface area contributed by atoms with Crippen LogP contribution in [0.25, 0.3) is 0 Å². The fraction of sp³-hybridized carbons (Fsp3) is 0.130. The van der Waals surface area contributed by atoms with E-state index in [0.29, 0.717) is 29.9 Å². The number of carbonyl (C=O) groups is 2. The first-order valence-electron chi connectivity index (χ1n) is 9.76. The molecule has 3 rings (SSSR count). The van der Waals surface area contributed by atoms with Crippen LogP contribution in [0.1, 0.15) is 22.8 Å². The van der Waals surface area contributed by atoms with Gasteiger partial charge in [0.1, 0.15) is 5.82 Å². The maximum absolute atomic E-state index is 13.0. The highest BCUT2D eigenvalue weighted by atomic mass is 32.2. The topological polar surface area (TPSA) is 104 Å². The fourth-order valence-electron chi connectivity index (χ4n) is 2.86. The van der Waals surface area contributed by atoms with Gasteiger partial charge >= 0.3 is 0 Å². The molecule has 0 radical (unpaired) electrons. The standard InChI is InChI=1S/C23H22FN3O4S/c1-16(28)25-15-14-17-2-12-22(13-3-17)32(30,31)27-21-10-8-20(9-11-21)26-23(29)18-4-6-19(24)7-5-18/h2-13,27H,14-15H2,1H3,(H,25,28)(H,26,29). The van der Waals surface area contributed by atoms with E-state index in [1.165, 1.54) is 55.5 Å². The number of halogens is 1. The summed E-state index contributed by atoms with van der Waals surface area (Å²) >= 11 is 0. The van der Waals surface area contributed by atoms with Crippen molar-refractivity contribution >= 4 is 33.2 Å².